The summed E-state index contributed by atoms with van der Waals surface area (Å²) in [6, 6.07) is 7.32. The first kappa shape index (κ1) is 12.1. The lowest BCUT2D eigenvalue weighted by atomic mass is 10.1. The molecule has 1 aromatic carbocycles. The van der Waals surface area contributed by atoms with Crippen molar-refractivity contribution in [3.05, 3.63) is 40.4 Å². The molecule has 1 fully saturated rings. The maximum Gasteiger partial charge on any atom is 0.353 e. The summed E-state index contributed by atoms with van der Waals surface area (Å²) in [7, 11) is 0. The van der Waals surface area contributed by atoms with Crippen molar-refractivity contribution >= 4 is 29.3 Å². The van der Waals surface area contributed by atoms with E-state index in [9.17, 15) is 14.7 Å². The monoisotopic (exact) mass is 276 g/mol. The number of carbonyl (C=O) groups excluding carboxylic acids is 1. The number of hydrogen-bond donors (Lipinski definition) is 2. The molecule has 1 amide bonds. The van der Waals surface area contributed by atoms with E-state index in [1.807, 2.05) is 12.1 Å². The molecular formula is C13H12N2O3S. The topological polar surface area (TPSA) is 83.6 Å². The van der Waals surface area contributed by atoms with Crippen LogP contribution in [0.3, 0.4) is 0 Å². The van der Waals surface area contributed by atoms with Gasteiger partial charge in [-0.15, -0.1) is 11.8 Å². The van der Waals surface area contributed by atoms with Gasteiger partial charge < -0.3 is 10.8 Å². The van der Waals surface area contributed by atoms with Crippen LogP contribution in [0, 0.1) is 0 Å². The van der Waals surface area contributed by atoms with Gasteiger partial charge in [0, 0.05) is 17.0 Å². The Balaban J connectivity index is 1.89. The standard InChI is InChI=1S/C13H12N2O3S/c14-8-3-1-7(2-4-8)5-9-12(13(17)18)15-10(16)6-11(15)19-9/h1-4,11H,5-6,14H2,(H,17,18)/t11-/m0/s1. The summed E-state index contributed by atoms with van der Waals surface area (Å²) in [5.74, 6) is -1.14. The molecule has 0 bridgehead atoms. The molecule has 2 heterocycles. The van der Waals surface area contributed by atoms with E-state index in [1.165, 1.54) is 16.7 Å². The number of carbonyl (C=O) groups is 2. The molecule has 2 aliphatic rings. The number of nitrogens with zero attached hydrogens (tertiary/aromatic N) is 1. The third-order valence-corrected chi connectivity index (χ3v) is 4.51. The van der Waals surface area contributed by atoms with Crippen LogP contribution in [0.1, 0.15) is 12.0 Å². The van der Waals surface area contributed by atoms with Crippen molar-refractivity contribution in [2.24, 2.45) is 0 Å². The lowest BCUT2D eigenvalue weighted by molar-refractivity contribution is -0.145. The second-order valence-corrected chi connectivity index (χ2v) is 5.81. The molecule has 1 aromatic rings. The van der Waals surface area contributed by atoms with Crippen molar-refractivity contribution in [2.75, 3.05) is 5.73 Å². The fraction of sp³-hybridized carbons (Fsp3) is 0.231. The number of thioether (sulfide) groups is 1. The van der Waals surface area contributed by atoms with Crippen molar-refractivity contribution in [2.45, 2.75) is 18.2 Å². The Morgan fingerprint density at radius 3 is 2.68 bits per heavy atom. The van der Waals surface area contributed by atoms with Gasteiger partial charge in [-0.1, -0.05) is 12.1 Å². The van der Waals surface area contributed by atoms with Gasteiger partial charge in [0.25, 0.3) is 0 Å². The number of β-lactam (4-membered cyclic amide) rings is 1. The van der Waals surface area contributed by atoms with E-state index in [2.05, 4.69) is 0 Å². The number of fused-ring (bicyclic) bond motifs is 1. The number of carboxylic acid groups (broad SMARTS) is 1. The van der Waals surface area contributed by atoms with Gasteiger partial charge in [-0.25, -0.2) is 4.79 Å². The molecule has 5 nitrogen and oxygen atoms in total. The van der Waals surface area contributed by atoms with E-state index >= 15 is 0 Å². The molecule has 0 spiro atoms. The van der Waals surface area contributed by atoms with Crippen LogP contribution < -0.4 is 5.73 Å². The molecule has 6 heteroatoms. The highest BCUT2D eigenvalue weighted by Crippen LogP contribution is 2.47. The Morgan fingerprint density at radius 2 is 2.11 bits per heavy atom. The van der Waals surface area contributed by atoms with Crippen molar-refractivity contribution < 1.29 is 14.7 Å². The molecule has 0 unspecified atom stereocenters. The van der Waals surface area contributed by atoms with Crippen LogP contribution >= 0.6 is 11.8 Å². The highest BCUT2D eigenvalue weighted by molar-refractivity contribution is 8.04. The number of aliphatic carboxylic acids is 1. The molecule has 0 saturated carbocycles. The second kappa shape index (κ2) is 4.31. The smallest absolute Gasteiger partial charge is 0.353 e. The lowest BCUT2D eigenvalue weighted by Crippen LogP contribution is -2.48. The van der Waals surface area contributed by atoms with E-state index < -0.39 is 5.97 Å². The fourth-order valence-corrected chi connectivity index (χ4v) is 3.70. The number of nitrogen functional groups attached to an aromatic ring is 1. The first-order chi connectivity index (χ1) is 9.06. The third-order valence-electron chi connectivity index (χ3n) is 3.24. The molecule has 3 rings (SSSR count). The predicted molar refractivity (Wildman–Crippen MR) is 72.1 cm³/mol. The summed E-state index contributed by atoms with van der Waals surface area (Å²) in [4.78, 5) is 24.9. The summed E-state index contributed by atoms with van der Waals surface area (Å²) in [6.45, 7) is 0. The third kappa shape index (κ3) is 1.98. The van der Waals surface area contributed by atoms with E-state index in [0.717, 1.165) is 10.5 Å². The van der Waals surface area contributed by atoms with E-state index in [0.29, 0.717) is 18.5 Å². The number of rotatable bonds is 3. The van der Waals surface area contributed by atoms with Crippen LogP contribution in [0.15, 0.2) is 34.9 Å². The minimum atomic E-state index is -1.03. The molecule has 2 aliphatic heterocycles. The van der Waals surface area contributed by atoms with Crippen LogP contribution in [0.4, 0.5) is 5.69 Å². The van der Waals surface area contributed by atoms with Gasteiger partial charge in [0.2, 0.25) is 5.91 Å². The van der Waals surface area contributed by atoms with Crippen LogP contribution in [0.25, 0.3) is 0 Å². The zero-order chi connectivity index (χ0) is 13.6. The Hall–Kier alpha value is -1.95. The summed E-state index contributed by atoms with van der Waals surface area (Å²) >= 11 is 1.47. The van der Waals surface area contributed by atoms with E-state index in [-0.39, 0.29) is 17.0 Å². The molecule has 19 heavy (non-hydrogen) atoms. The normalized spacial score (nSPS) is 21.4. The van der Waals surface area contributed by atoms with Crippen LogP contribution in [-0.4, -0.2) is 27.3 Å². The molecule has 1 saturated heterocycles. The SMILES string of the molecule is Nc1ccc(CC2=C(C(=O)O)N3C(=O)C[C@@H]3S2)cc1. The predicted octanol–water partition coefficient (Wildman–Crippen LogP) is 1.41. The summed E-state index contributed by atoms with van der Waals surface area (Å²) in [5, 5.41) is 9.23. The summed E-state index contributed by atoms with van der Waals surface area (Å²) < 4.78 is 0. The van der Waals surface area contributed by atoms with Crippen LogP contribution in [0.2, 0.25) is 0 Å². The van der Waals surface area contributed by atoms with E-state index in [4.69, 9.17) is 5.73 Å². The number of benzene rings is 1. The molecule has 3 N–H and O–H groups in total. The molecule has 1 atom stereocenters. The molecule has 0 aliphatic carbocycles. The zero-order valence-electron chi connectivity index (χ0n) is 10.00. The summed E-state index contributed by atoms with van der Waals surface area (Å²) in [6.07, 6.45) is 0.944. The molecule has 98 valence electrons. The number of amides is 1. The Morgan fingerprint density at radius 1 is 1.42 bits per heavy atom. The van der Waals surface area contributed by atoms with Gasteiger partial charge in [-0.05, 0) is 17.7 Å². The molecular weight excluding hydrogens is 264 g/mol. The van der Waals surface area contributed by atoms with Gasteiger partial charge in [-0.2, -0.15) is 0 Å². The maximum atomic E-state index is 11.5. The van der Waals surface area contributed by atoms with Crippen LogP contribution in [0.5, 0.6) is 0 Å². The van der Waals surface area contributed by atoms with Crippen LogP contribution in [-0.2, 0) is 16.0 Å². The number of anilines is 1. The Bertz CT molecular complexity index is 594. The fourth-order valence-electron chi connectivity index (χ4n) is 2.27. The number of carboxylic acids is 1. The maximum absolute atomic E-state index is 11.5. The number of hydrogen-bond acceptors (Lipinski definition) is 4. The Labute approximate surface area is 114 Å². The van der Waals surface area contributed by atoms with Gasteiger partial charge in [0.1, 0.15) is 5.70 Å². The highest BCUT2D eigenvalue weighted by atomic mass is 32.2. The minimum absolute atomic E-state index is 0.0256. The Kier molecular flexibility index (Phi) is 2.74. The first-order valence-electron chi connectivity index (χ1n) is 5.86. The molecule has 0 radical (unpaired) electrons. The first-order valence-corrected chi connectivity index (χ1v) is 6.74. The van der Waals surface area contributed by atoms with Gasteiger partial charge in [-0.3, -0.25) is 9.69 Å². The largest absolute Gasteiger partial charge is 0.477 e. The van der Waals surface area contributed by atoms with Gasteiger partial charge >= 0.3 is 5.97 Å². The van der Waals surface area contributed by atoms with E-state index in [1.54, 1.807) is 12.1 Å². The number of nitrogens with two attached hydrogens (primary N) is 1. The van der Waals surface area contributed by atoms with Crippen molar-refractivity contribution in [3.63, 3.8) is 0 Å². The zero-order valence-corrected chi connectivity index (χ0v) is 10.8. The van der Waals surface area contributed by atoms with Crippen molar-refractivity contribution in [1.29, 1.82) is 0 Å². The highest BCUT2D eigenvalue weighted by Gasteiger charge is 2.48. The van der Waals surface area contributed by atoms with Gasteiger partial charge in [0.05, 0.1) is 11.8 Å². The number of allylic oxidation sites excluding steroid dienone is 1. The van der Waals surface area contributed by atoms with Crippen molar-refractivity contribution in [3.8, 4) is 0 Å². The average molecular weight is 276 g/mol. The quantitative estimate of drug-likeness (QED) is 0.644. The second-order valence-electron chi connectivity index (χ2n) is 4.54. The lowest BCUT2D eigenvalue weighted by Gasteiger charge is -2.33. The average Bonchev–Trinajstić information content (AvgIpc) is 2.65. The van der Waals surface area contributed by atoms with Gasteiger partial charge in [0.15, 0.2) is 0 Å². The summed E-state index contributed by atoms with van der Waals surface area (Å²) in [5.41, 5.74) is 7.43. The van der Waals surface area contributed by atoms with Crippen molar-refractivity contribution in [1.82, 2.24) is 4.90 Å². The molecule has 0 aromatic heterocycles. The minimum Gasteiger partial charge on any atom is -0.477 e.